The second kappa shape index (κ2) is 6.26. The van der Waals surface area contributed by atoms with Gasteiger partial charge in [-0.2, -0.15) is 0 Å². The zero-order valence-electron chi connectivity index (χ0n) is 8.28. The molecule has 0 radical (unpaired) electrons. The molecule has 0 rings (SSSR count). The van der Waals surface area contributed by atoms with E-state index in [1.165, 1.54) is 18.5 Å². The lowest BCUT2D eigenvalue weighted by Crippen LogP contribution is -2.12. The van der Waals surface area contributed by atoms with E-state index in [9.17, 15) is 0 Å². The van der Waals surface area contributed by atoms with Gasteiger partial charge in [-0.15, -0.1) is 0 Å². The summed E-state index contributed by atoms with van der Waals surface area (Å²) in [6.07, 6.45) is 4.71. The first-order chi connectivity index (χ1) is 5.16. The summed E-state index contributed by atoms with van der Waals surface area (Å²) >= 11 is 0. The first-order valence-electron chi connectivity index (χ1n) is 4.53. The van der Waals surface area contributed by atoms with E-state index < -0.39 is 0 Å². The number of allylic oxidation sites excluding steroid dienone is 2. The van der Waals surface area contributed by atoms with E-state index in [0.29, 0.717) is 0 Å². The topological polar surface area (TPSA) is 12.0 Å². The van der Waals surface area contributed by atoms with Crippen LogP contribution in [0.25, 0.3) is 0 Å². The lowest BCUT2D eigenvalue weighted by molar-refractivity contribution is 0.543. The lowest BCUT2D eigenvalue weighted by atomic mass is 10.1. The molecule has 0 aromatic rings. The van der Waals surface area contributed by atoms with Crippen molar-refractivity contribution >= 4 is 0 Å². The van der Waals surface area contributed by atoms with Crippen LogP contribution in [0.4, 0.5) is 0 Å². The summed E-state index contributed by atoms with van der Waals surface area (Å²) < 4.78 is 0. The van der Waals surface area contributed by atoms with Crippen molar-refractivity contribution in [3.63, 3.8) is 0 Å². The van der Waals surface area contributed by atoms with Gasteiger partial charge in [0.1, 0.15) is 0 Å². The van der Waals surface area contributed by atoms with Crippen molar-refractivity contribution in [2.24, 2.45) is 5.92 Å². The monoisotopic (exact) mass is 155 g/mol. The number of nitrogens with one attached hydrogen (secondary N) is 1. The molecular weight excluding hydrogens is 134 g/mol. The maximum Gasteiger partial charge on any atom is 0.0143 e. The second-order valence-corrected chi connectivity index (χ2v) is 3.43. The van der Waals surface area contributed by atoms with Crippen molar-refractivity contribution in [1.29, 1.82) is 0 Å². The molecule has 0 aliphatic heterocycles. The smallest absolute Gasteiger partial charge is 0.0143 e. The molecule has 0 saturated heterocycles. The summed E-state index contributed by atoms with van der Waals surface area (Å²) in [6, 6.07) is 0. The fourth-order valence-electron chi connectivity index (χ4n) is 0.898. The highest BCUT2D eigenvalue weighted by atomic mass is 14.9. The SMILES string of the molecule is C/C=C(\C)NCCCC(C)C. The van der Waals surface area contributed by atoms with Crippen LogP contribution in [0.3, 0.4) is 0 Å². The van der Waals surface area contributed by atoms with Crippen LogP contribution >= 0.6 is 0 Å². The quantitative estimate of drug-likeness (QED) is 0.602. The average Bonchev–Trinajstić information content (AvgIpc) is 1.97. The number of rotatable bonds is 5. The molecule has 0 aliphatic carbocycles. The molecular formula is C10H21N. The Morgan fingerprint density at radius 1 is 1.45 bits per heavy atom. The molecule has 0 bridgehead atoms. The van der Waals surface area contributed by atoms with Gasteiger partial charge in [-0.05, 0) is 32.6 Å². The molecule has 0 fully saturated rings. The lowest BCUT2D eigenvalue weighted by Gasteiger charge is -2.07. The highest BCUT2D eigenvalue weighted by molar-refractivity contribution is 4.91. The normalized spacial score (nSPS) is 12.3. The molecule has 0 unspecified atom stereocenters. The molecule has 11 heavy (non-hydrogen) atoms. The summed E-state index contributed by atoms with van der Waals surface area (Å²) in [5, 5.41) is 3.35. The van der Waals surface area contributed by atoms with Gasteiger partial charge >= 0.3 is 0 Å². The standard InChI is InChI=1S/C10H21N/c1-5-10(4)11-8-6-7-9(2)3/h5,9,11H,6-8H2,1-4H3/b10-5+. The predicted molar refractivity (Wildman–Crippen MR) is 51.5 cm³/mol. The summed E-state index contributed by atoms with van der Waals surface area (Å²) in [6.45, 7) is 9.82. The van der Waals surface area contributed by atoms with Gasteiger partial charge in [0.05, 0.1) is 0 Å². The molecule has 66 valence electrons. The van der Waals surface area contributed by atoms with Crippen LogP contribution in [0.1, 0.15) is 40.5 Å². The largest absolute Gasteiger partial charge is 0.389 e. The predicted octanol–water partition coefficient (Wildman–Crippen LogP) is 2.94. The van der Waals surface area contributed by atoms with Crippen molar-refractivity contribution in [2.75, 3.05) is 6.54 Å². The minimum Gasteiger partial charge on any atom is -0.389 e. The molecule has 0 saturated carbocycles. The van der Waals surface area contributed by atoms with E-state index in [-0.39, 0.29) is 0 Å². The van der Waals surface area contributed by atoms with Crippen LogP contribution in [-0.4, -0.2) is 6.54 Å². The Hall–Kier alpha value is -0.460. The van der Waals surface area contributed by atoms with Gasteiger partial charge in [-0.25, -0.2) is 0 Å². The van der Waals surface area contributed by atoms with Crippen LogP contribution in [0, 0.1) is 5.92 Å². The average molecular weight is 155 g/mol. The molecule has 0 heterocycles. The Morgan fingerprint density at radius 2 is 2.09 bits per heavy atom. The molecule has 0 aromatic heterocycles. The molecule has 0 aliphatic rings. The van der Waals surface area contributed by atoms with Gasteiger partial charge in [-0.3, -0.25) is 0 Å². The summed E-state index contributed by atoms with van der Waals surface area (Å²) in [5.74, 6) is 0.836. The van der Waals surface area contributed by atoms with Gasteiger partial charge in [0.2, 0.25) is 0 Å². The number of hydrogen-bond acceptors (Lipinski definition) is 1. The summed E-state index contributed by atoms with van der Waals surface area (Å²) in [4.78, 5) is 0. The molecule has 0 amide bonds. The third-order valence-corrected chi connectivity index (χ3v) is 1.80. The van der Waals surface area contributed by atoms with E-state index in [2.05, 4.69) is 39.1 Å². The maximum atomic E-state index is 3.35. The summed E-state index contributed by atoms with van der Waals surface area (Å²) in [5.41, 5.74) is 1.29. The second-order valence-electron chi connectivity index (χ2n) is 3.43. The van der Waals surface area contributed by atoms with Gasteiger partial charge in [0.15, 0.2) is 0 Å². The Labute approximate surface area is 70.9 Å². The molecule has 0 spiro atoms. The maximum absolute atomic E-state index is 3.35. The van der Waals surface area contributed by atoms with E-state index in [1.807, 2.05) is 0 Å². The van der Waals surface area contributed by atoms with Crippen molar-refractivity contribution < 1.29 is 0 Å². The van der Waals surface area contributed by atoms with E-state index >= 15 is 0 Å². The molecule has 1 N–H and O–H groups in total. The van der Waals surface area contributed by atoms with Crippen LogP contribution in [0.5, 0.6) is 0 Å². The first-order valence-corrected chi connectivity index (χ1v) is 4.53. The van der Waals surface area contributed by atoms with Crippen LogP contribution in [0.15, 0.2) is 11.8 Å². The molecule has 1 heteroatoms. The number of hydrogen-bond donors (Lipinski definition) is 1. The Balaban J connectivity index is 3.15. The highest BCUT2D eigenvalue weighted by Gasteiger charge is 1.92. The first kappa shape index (κ1) is 10.5. The molecule has 0 atom stereocenters. The highest BCUT2D eigenvalue weighted by Crippen LogP contribution is 2.02. The minimum atomic E-state index is 0.836. The van der Waals surface area contributed by atoms with Gasteiger partial charge in [0.25, 0.3) is 0 Å². The van der Waals surface area contributed by atoms with Gasteiger partial charge < -0.3 is 5.32 Å². The van der Waals surface area contributed by atoms with Crippen molar-refractivity contribution in [3.05, 3.63) is 11.8 Å². The fourth-order valence-corrected chi connectivity index (χ4v) is 0.898. The third kappa shape index (κ3) is 7.44. The minimum absolute atomic E-state index is 0.836. The third-order valence-electron chi connectivity index (χ3n) is 1.80. The fraction of sp³-hybridized carbons (Fsp3) is 0.800. The Kier molecular flexibility index (Phi) is 6.00. The van der Waals surface area contributed by atoms with E-state index in [0.717, 1.165) is 12.5 Å². The van der Waals surface area contributed by atoms with Crippen molar-refractivity contribution in [1.82, 2.24) is 5.32 Å². The molecule has 0 aromatic carbocycles. The summed E-state index contributed by atoms with van der Waals surface area (Å²) in [7, 11) is 0. The Morgan fingerprint density at radius 3 is 2.55 bits per heavy atom. The van der Waals surface area contributed by atoms with Gasteiger partial charge in [0, 0.05) is 12.2 Å². The zero-order valence-corrected chi connectivity index (χ0v) is 8.28. The van der Waals surface area contributed by atoms with Crippen LogP contribution in [0.2, 0.25) is 0 Å². The van der Waals surface area contributed by atoms with Crippen LogP contribution < -0.4 is 5.32 Å². The van der Waals surface area contributed by atoms with Crippen molar-refractivity contribution in [2.45, 2.75) is 40.5 Å². The van der Waals surface area contributed by atoms with E-state index in [4.69, 9.17) is 0 Å². The Bertz CT molecular complexity index is 114. The van der Waals surface area contributed by atoms with Crippen molar-refractivity contribution in [3.8, 4) is 0 Å². The molecule has 1 nitrogen and oxygen atoms in total. The van der Waals surface area contributed by atoms with Gasteiger partial charge in [-0.1, -0.05) is 19.9 Å². The van der Waals surface area contributed by atoms with E-state index in [1.54, 1.807) is 0 Å². The zero-order chi connectivity index (χ0) is 8.69. The van der Waals surface area contributed by atoms with Crippen LogP contribution in [-0.2, 0) is 0 Å².